The molecule has 2 saturated heterocycles. The van der Waals surface area contributed by atoms with Crippen molar-refractivity contribution in [2.75, 3.05) is 32.9 Å². The number of aliphatic hydroxyl groups excluding tert-OH is 1. The van der Waals surface area contributed by atoms with E-state index in [0.717, 1.165) is 57.3 Å². The second-order valence-electron chi connectivity index (χ2n) is 8.53. The normalized spacial score (nSPS) is 28.0. The Hall–Kier alpha value is -1.44. The number of carbonyl (C=O) groups is 1. The van der Waals surface area contributed by atoms with Crippen LogP contribution in [0, 0.1) is 5.92 Å². The van der Waals surface area contributed by atoms with Gasteiger partial charge in [0.15, 0.2) is 0 Å². The molecule has 3 aliphatic rings. The van der Waals surface area contributed by atoms with Crippen molar-refractivity contribution in [2.24, 2.45) is 5.92 Å². The highest BCUT2D eigenvalue weighted by molar-refractivity contribution is 5.91. The van der Waals surface area contributed by atoms with Gasteiger partial charge in [-0.15, -0.1) is 0 Å². The van der Waals surface area contributed by atoms with E-state index < -0.39 is 0 Å². The molecular formula is C20H31N3O4. The van der Waals surface area contributed by atoms with Crippen molar-refractivity contribution in [3.63, 3.8) is 0 Å². The summed E-state index contributed by atoms with van der Waals surface area (Å²) in [5.74, 6) is 0.768. The standard InChI is InChI=1S/C20H31N3O4/c24-12-15-4-6-16(7-5-15)21-20(13-26-14-20)11-17-10-18(27-22-17)19(25)23-8-2-1-3-9-23/h10,15-16,21,24H,1-9,11-14H2. The molecule has 27 heavy (non-hydrogen) atoms. The van der Waals surface area contributed by atoms with Crippen molar-refractivity contribution in [3.05, 3.63) is 17.5 Å². The lowest BCUT2D eigenvalue weighted by atomic mass is 9.83. The molecule has 7 heteroatoms. The van der Waals surface area contributed by atoms with Crippen LogP contribution in [-0.4, -0.2) is 65.6 Å². The Bertz CT molecular complexity index is 629. The van der Waals surface area contributed by atoms with E-state index >= 15 is 0 Å². The Kier molecular flexibility index (Phi) is 5.80. The van der Waals surface area contributed by atoms with E-state index in [4.69, 9.17) is 9.26 Å². The fourth-order valence-electron chi connectivity index (χ4n) is 4.60. The molecule has 1 amide bonds. The van der Waals surface area contributed by atoms with Gasteiger partial charge in [0.1, 0.15) is 0 Å². The highest BCUT2D eigenvalue weighted by Gasteiger charge is 2.41. The van der Waals surface area contributed by atoms with Crippen LogP contribution in [0.5, 0.6) is 0 Å². The third kappa shape index (κ3) is 4.36. The number of carbonyl (C=O) groups excluding carboxylic acids is 1. The van der Waals surface area contributed by atoms with Crippen LogP contribution in [-0.2, 0) is 11.2 Å². The summed E-state index contributed by atoms with van der Waals surface area (Å²) in [6.45, 7) is 3.24. The highest BCUT2D eigenvalue weighted by atomic mass is 16.5. The third-order valence-electron chi connectivity index (χ3n) is 6.30. The van der Waals surface area contributed by atoms with Gasteiger partial charge in [-0.2, -0.15) is 0 Å². The zero-order valence-electron chi connectivity index (χ0n) is 16.0. The van der Waals surface area contributed by atoms with E-state index in [1.165, 1.54) is 6.42 Å². The molecule has 2 aliphatic heterocycles. The summed E-state index contributed by atoms with van der Waals surface area (Å²) >= 11 is 0. The first-order chi connectivity index (χ1) is 13.2. The minimum Gasteiger partial charge on any atom is -0.396 e. The summed E-state index contributed by atoms with van der Waals surface area (Å²) in [6, 6.07) is 2.26. The van der Waals surface area contributed by atoms with Gasteiger partial charge in [0.2, 0.25) is 5.76 Å². The Morgan fingerprint density at radius 2 is 1.96 bits per heavy atom. The van der Waals surface area contributed by atoms with E-state index in [9.17, 15) is 9.90 Å². The molecule has 3 heterocycles. The second-order valence-corrected chi connectivity index (χ2v) is 8.53. The molecule has 0 atom stereocenters. The summed E-state index contributed by atoms with van der Waals surface area (Å²) in [5.41, 5.74) is 0.703. The van der Waals surface area contributed by atoms with E-state index in [-0.39, 0.29) is 11.4 Å². The number of nitrogens with one attached hydrogen (secondary N) is 1. The van der Waals surface area contributed by atoms with Crippen LogP contribution in [0.2, 0.25) is 0 Å². The third-order valence-corrected chi connectivity index (χ3v) is 6.30. The number of amides is 1. The van der Waals surface area contributed by atoms with Gasteiger partial charge < -0.3 is 24.6 Å². The lowest BCUT2D eigenvalue weighted by Gasteiger charge is -2.45. The first-order valence-corrected chi connectivity index (χ1v) is 10.4. The molecule has 7 nitrogen and oxygen atoms in total. The molecule has 0 bridgehead atoms. The van der Waals surface area contributed by atoms with Gasteiger partial charge in [0, 0.05) is 38.2 Å². The zero-order chi connectivity index (χ0) is 18.7. The lowest BCUT2D eigenvalue weighted by Crippen LogP contribution is -2.64. The zero-order valence-corrected chi connectivity index (χ0v) is 16.0. The average molecular weight is 377 g/mol. The molecule has 0 radical (unpaired) electrons. The van der Waals surface area contributed by atoms with Crippen LogP contribution in [0.4, 0.5) is 0 Å². The van der Waals surface area contributed by atoms with Crippen LogP contribution in [0.25, 0.3) is 0 Å². The SMILES string of the molecule is O=C(c1cc(CC2(NC3CCC(CO)CC3)COC2)no1)N1CCCCC1. The van der Waals surface area contributed by atoms with E-state index in [2.05, 4.69) is 10.5 Å². The number of ether oxygens (including phenoxy) is 1. The Labute approximate surface area is 160 Å². The van der Waals surface area contributed by atoms with E-state index in [1.54, 1.807) is 6.07 Å². The van der Waals surface area contributed by atoms with E-state index in [0.29, 0.717) is 44.0 Å². The number of nitrogens with zero attached hydrogens (tertiary/aromatic N) is 2. The topological polar surface area (TPSA) is 87.8 Å². The van der Waals surface area contributed by atoms with Crippen molar-refractivity contribution >= 4 is 5.91 Å². The number of piperidine rings is 1. The molecule has 0 aromatic carbocycles. The predicted molar refractivity (Wildman–Crippen MR) is 99.5 cm³/mol. The van der Waals surface area contributed by atoms with Gasteiger partial charge in [0.05, 0.1) is 24.4 Å². The number of aliphatic hydroxyl groups is 1. The Balaban J connectivity index is 1.35. The van der Waals surface area contributed by atoms with Crippen molar-refractivity contribution in [3.8, 4) is 0 Å². The van der Waals surface area contributed by atoms with Crippen molar-refractivity contribution in [2.45, 2.75) is 62.9 Å². The predicted octanol–water partition coefficient (Wildman–Crippen LogP) is 1.75. The quantitative estimate of drug-likeness (QED) is 0.785. The molecule has 150 valence electrons. The fraction of sp³-hybridized carbons (Fsp3) is 0.800. The van der Waals surface area contributed by atoms with Gasteiger partial charge in [-0.05, 0) is 50.9 Å². The Morgan fingerprint density at radius 1 is 1.22 bits per heavy atom. The molecule has 3 fully saturated rings. The molecular weight excluding hydrogens is 346 g/mol. The molecule has 4 rings (SSSR count). The van der Waals surface area contributed by atoms with Crippen LogP contribution in [0.3, 0.4) is 0 Å². The molecule has 2 N–H and O–H groups in total. The van der Waals surface area contributed by atoms with Gasteiger partial charge in [-0.1, -0.05) is 5.16 Å². The van der Waals surface area contributed by atoms with E-state index in [1.807, 2.05) is 4.90 Å². The number of likely N-dealkylation sites (tertiary alicyclic amines) is 1. The maximum Gasteiger partial charge on any atom is 0.292 e. The highest BCUT2D eigenvalue weighted by Crippen LogP contribution is 2.29. The number of hydrogen-bond donors (Lipinski definition) is 2. The summed E-state index contributed by atoms with van der Waals surface area (Å²) in [5, 5.41) is 17.3. The van der Waals surface area contributed by atoms with Crippen LogP contribution in [0.1, 0.15) is 61.2 Å². The number of aromatic nitrogens is 1. The maximum atomic E-state index is 12.6. The van der Waals surface area contributed by atoms with Crippen molar-refractivity contribution in [1.29, 1.82) is 0 Å². The smallest absolute Gasteiger partial charge is 0.292 e. The molecule has 1 aromatic heterocycles. The fourth-order valence-corrected chi connectivity index (χ4v) is 4.60. The summed E-state index contributed by atoms with van der Waals surface area (Å²) in [6.07, 6.45) is 8.36. The number of hydrogen-bond acceptors (Lipinski definition) is 6. The lowest BCUT2D eigenvalue weighted by molar-refractivity contribution is -0.0823. The monoisotopic (exact) mass is 377 g/mol. The first kappa shape index (κ1) is 18.9. The summed E-state index contributed by atoms with van der Waals surface area (Å²) < 4.78 is 10.9. The average Bonchev–Trinajstić information content (AvgIpc) is 3.15. The second kappa shape index (κ2) is 8.29. The molecule has 0 unspecified atom stereocenters. The number of rotatable bonds is 6. The molecule has 1 aliphatic carbocycles. The van der Waals surface area contributed by atoms with Crippen molar-refractivity contribution < 1.29 is 19.2 Å². The van der Waals surface area contributed by atoms with Gasteiger partial charge in [-0.25, -0.2) is 0 Å². The van der Waals surface area contributed by atoms with Crippen LogP contribution >= 0.6 is 0 Å². The maximum absolute atomic E-state index is 12.6. The van der Waals surface area contributed by atoms with Gasteiger partial charge >= 0.3 is 0 Å². The summed E-state index contributed by atoms with van der Waals surface area (Å²) in [4.78, 5) is 14.4. The largest absolute Gasteiger partial charge is 0.396 e. The van der Waals surface area contributed by atoms with Crippen LogP contribution < -0.4 is 5.32 Å². The van der Waals surface area contributed by atoms with Crippen LogP contribution in [0.15, 0.2) is 10.6 Å². The van der Waals surface area contributed by atoms with Crippen molar-refractivity contribution in [1.82, 2.24) is 15.4 Å². The van der Waals surface area contributed by atoms with Gasteiger partial charge in [0.25, 0.3) is 5.91 Å². The first-order valence-electron chi connectivity index (χ1n) is 10.4. The summed E-state index contributed by atoms with van der Waals surface area (Å²) in [7, 11) is 0. The molecule has 1 aromatic rings. The molecule has 0 spiro atoms. The molecule has 1 saturated carbocycles. The van der Waals surface area contributed by atoms with Gasteiger partial charge in [-0.3, -0.25) is 4.79 Å². The minimum absolute atomic E-state index is 0.0392. The minimum atomic E-state index is -0.112. The Morgan fingerprint density at radius 3 is 2.59 bits per heavy atom.